The molecule has 0 saturated carbocycles. The van der Waals surface area contributed by atoms with Crippen LogP contribution in [0, 0.1) is 5.92 Å². The van der Waals surface area contributed by atoms with Crippen molar-refractivity contribution in [2.75, 3.05) is 0 Å². The molecular formula is C6H14OSi. The molecule has 0 saturated heterocycles. The van der Waals surface area contributed by atoms with Gasteiger partial charge in [-0.25, -0.2) is 0 Å². The van der Waals surface area contributed by atoms with Gasteiger partial charge in [0.15, 0.2) is 0 Å². The van der Waals surface area contributed by atoms with Crippen molar-refractivity contribution in [1.82, 2.24) is 0 Å². The topological polar surface area (TPSA) is 17.1 Å². The van der Waals surface area contributed by atoms with E-state index in [0.29, 0.717) is 5.92 Å². The van der Waals surface area contributed by atoms with E-state index in [4.69, 9.17) is 0 Å². The Labute approximate surface area is 53.9 Å². The summed E-state index contributed by atoms with van der Waals surface area (Å²) >= 11 is 0. The quantitative estimate of drug-likeness (QED) is 0.390. The molecule has 0 fully saturated rings. The van der Waals surface area contributed by atoms with E-state index in [-0.39, 0.29) is 5.04 Å². The van der Waals surface area contributed by atoms with Gasteiger partial charge in [-0.15, -0.1) is 0 Å². The summed E-state index contributed by atoms with van der Waals surface area (Å²) in [7, 11) is 0.965. The third kappa shape index (κ3) is 1.78. The molecule has 0 aliphatic rings. The SMILES string of the molecule is CC(C)C(C)([SiH3])C=O. The Morgan fingerprint density at radius 1 is 1.62 bits per heavy atom. The van der Waals surface area contributed by atoms with Crippen molar-refractivity contribution in [1.29, 1.82) is 0 Å². The zero-order chi connectivity index (χ0) is 6.78. The lowest BCUT2D eigenvalue weighted by molar-refractivity contribution is -0.110. The molecule has 0 N–H and O–H groups in total. The average Bonchev–Trinajstić information content (AvgIpc) is 1.67. The normalized spacial score (nSPS) is 18.5. The van der Waals surface area contributed by atoms with Crippen LogP contribution in [0.5, 0.6) is 0 Å². The van der Waals surface area contributed by atoms with Crippen molar-refractivity contribution in [3.63, 3.8) is 0 Å². The fourth-order valence-electron chi connectivity index (χ4n) is 0.136. The maximum Gasteiger partial charge on any atom is 0.122 e. The second-order valence-corrected chi connectivity index (χ2v) is 5.25. The molecule has 0 aliphatic carbocycles. The highest BCUT2D eigenvalue weighted by molar-refractivity contribution is 6.23. The van der Waals surface area contributed by atoms with Crippen LogP contribution >= 0.6 is 0 Å². The van der Waals surface area contributed by atoms with Gasteiger partial charge in [0.2, 0.25) is 0 Å². The van der Waals surface area contributed by atoms with Gasteiger partial charge in [-0.1, -0.05) is 20.8 Å². The molecule has 1 atom stereocenters. The summed E-state index contributed by atoms with van der Waals surface area (Å²) in [5.41, 5.74) is 0. The smallest absolute Gasteiger partial charge is 0.122 e. The van der Waals surface area contributed by atoms with Crippen molar-refractivity contribution in [2.45, 2.75) is 25.8 Å². The molecule has 0 spiro atoms. The van der Waals surface area contributed by atoms with Crippen molar-refractivity contribution < 1.29 is 4.79 Å². The summed E-state index contributed by atoms with van der Waals surface area (Å²) in [6.45, 7) is 6.18. The Balaban J connectivity index is 3.90. The van der Waals surface area contributed by atoms with E-state index in [9.17, 15) is 4.79 Å². The Morgan fingerprint density at radius 3 is 2.00 bits per heavy atom. The van der Waals surface area contributed by atoms with Crippen molar-refractivity contribution in [2.24, 2.45) is 5.92 Å². The predicted molar refractivity (Wildman–Crippen MR) is 39.2 cm³/mol. The molecule has 0 radical (unpaired) electrons. The Bertz CT molecular complexity index is 86.5. The Kier molecular flexibility index (Phi) is 2.41. The maximum absolute atomic E-state index is 10.3. The first-order valence-electron chi connectivity index (χ1n) is 2.97. The molecule has 8 heavy (non-hydrogen) atoms. The minimum absolute atomic E-state index is 0. The average molecular weight is 130 g/mol. The van der Waals surface area contributed by atoms with Crippen LogP contribution in [0.15, 0.2) is 0 Å². The lowest BCUT2D eigenvalue weighted by atomic mass is 9.99. The number of hydrogen-bond acceptors (Lipinski definition) is 1. The summed E-state index contributed by atoms with van der Waals surface area (Å²) in [5.74, 6) is 0.506. The van der Waals surface area contributed by atoms with Crippen LogP contribution < -0.4 is 0 Å². The van der Waals surface area contributed by atoms with Gasteiger partial charge in [0.25, 0.3) is 0 Å². The Morgan fingerprint density at radius 2 is 2.00 bits per heavy atom. The van der Waals surface area contributed by atoms with E-state index in [1.807, 2.05) is 6.92 Å². The van der Waals surface area contributed by atoms with Crippen LogP contribution in [-0.4, -0.2) is 16.5 Å². The molecule has 0 amide bonds. The minimum Gasteiger partial charge on any atom is -0.303 e. The first kappa shape index (κ1) is 7.89. The second kappa shape index (κ2) is 2.44. The van der Waals surface area contributed by atoms with Crippen LogP contribution in [0.4, 0.5) is 0 Å². The van der Waals surface area contributed by atoms with Gasteiger partial charge >= 0.3 is 0 Å². The van der Waals surface area contributed by atoms with Crippen LogP contribution in [0.2, 0.25) is 5.04 Å². The monoisotopic (exact) mass is 130 g/mol. The highest BCUT2D eigenvalue weighted by Crippen LogP contribution is 2.26. The van der Waals surface area contributed by atoms with E-state index < -0.39 is 0 Å². The van der Waals surface area contributed by atoms with E-state index in [1.165, 1.54) is 0 Å². The highest BCUT2D eigenvalue weighted by Gasteiger charge is 2.20. The Hall–Kier alpha value is -0.113. The molecule has 0 heterocycles. The van der Waals surface area contributed by atoms with Crippen molar-refractivity contribution in [3.8, 4) is 0 Å². The number of hydrogen-bond donors (Lipinski definition) is 0. The molecule has 0 aromatic heterocycles. The fraction of sp³-hybridized carbons (Fsp3) is 0.833. The maximum atomic E-state index is 10.3. The molecule has 0 rings (SSSR count). The lowest BCUT2D eigenvalue weighted by Crippen LogP contribution is -2.16. The summed E-state index contributed by atoms with van der Waals surface area (Å²) in [4.78, 5) is 10.3. The predicted octanol–water partition coefficient (Wildman–Crippen LogP) is 0.385. The fourth-order valence-corrected chi connectivity index (χ4v) is 0.136. The van der Waals surface area contributed by atoms with Crippen LogP contribution in [0.1, 0.15) is 20.8 Å². The molecular weight excluding hydrogens is 116 g/mol. The van der Waals surface area contributed by atoms with Gasteiger partial charge in [0.1, 0.15) is 6.29 Å². The van der Waals surface area contributed by atoms with E-state index in [1.54, 1.807) is 0 Å². The number of carbonyl (C=O) groups is 1. The molecule has 1 nitrogen and oxygen atoms in total. The van der Waals surface area contributed by atoms with Crippen LogP contribution in [-0.2, 0) is 4.79 Å². The molecule has 48 valence electrons. The molecule has 0 bridgehead atoms. The molecule has 0 aromatic carbocycles. The molecule has 0 aromatic rings. The van der Waals surface area contributed by atoms with Gasteiger partial charge in [-0.2, -0.15) is 0 Å². The summed E-state index contributed by atoms with van der Waals surface area (Å²) in [6, 6.07) is 0. The van der Waals surface area contributed by atoms with Gasteiger partial charge in [-0.05, 0) is 5.92 Å². The third-order valence-corrected chi connectivity index (χ3v) is 3.18. The first-order valence-corrected chi connectivity index (χ1v) is 3.97. The lowest BCUT2D eigenvalue weighted by Gasteiger charge is -2.20. The molecule has 1 unspecified atom stereocenters. The van der Waals surface area contributed by atoms with Gasteiger partial charge in [-0.3, -0.25) is 0 Å². The second-order valence-electron chi connectivity index (χ2n) is 3.09. The van der Waals surface area contributed by atoms with Gasteiger partial charge in [0, 0.05) is 15.3 Å². The van der Waals surface area contributed by atoms with Crippen molar-refractivity contribution >= 4 is 16.5 Å². The molecule has 0 aliphatic heterocycles. The summed E-state index contributed by atoms with van der Waals surface area (Å²) in [5, 5.41) is 0. The number of rotatable bonds is 2. The van der Waals surface area contributed by atoms with Gasteiger partial charge < -0.3 is 4.79 Å². The summed E-state index contributed by atoms with van der Waals surface area (Å²) < 4.78 is 0. The van der Waals surface area contributed by atoms with E-state index in [0.717, 1.165) is 16.5 Å². The van der Waals surface area contributed by atoms with Crippen LogP contribution in [0.3, 0.4) is 0 Å². The van der Waals surface area contributed by atoms with Crippen LogP contribution in [0.25, 0.3) is 0 Å². The summed E-state index contributed by atoms with van der Waals surface area (Å²) in [6.07, 6.45) is 1.07. The number of carbonyl (C=O) groups excluding carboxylic acids is 1. The zero-order valence-electron chi connectivity index (χ0n) is 6.06. The standard InChI is InChI=1S/C6H14OSi/c1-5(2)6(3,8)4-7/h4-5H,1-3,8H3. The van der Waals surface area contributed by atoms with Crippen molar-refractivity contribution in [3.05, 3.63) is 0 Å². The van der Waals surface area contributed by atoms with E-state index >= 15 is 0 Å². The highest BCUT2D eigenvalue weighted by atomic mass is 28.1. The number of aldehydes is 1. The third-order valence-electron chi connectivity index (χ3n) is 1.79. The molecule has 2 heteroatoms. The minimum atomic E-state index is 0. The van der Waals surface area contributed by atoms with Gasteiger partial charge in [0.05, 0.1) is 0 Å². The van der Waals surface area contributed by atoms with E-state index in [2.05, 4.69) is 13.8 Å². The zero-order valence-corrected chi connectivity index (χ0v) is 8.06. The largest absolute Gasteiger partial charge is 0.303 e. The first-order chi connectivity index (χ1) is 3.50.